The molecule has 1 N–H and O–H groups in total. The monoisotopic (exact) mass is 518 g/mol. The number of thioether (sulfide) groups is 1. The minimum Gasteiger partial charge on any atom is -0.497 e. The molecule has 0 spiro atoms. The van der Waals surface area contributed by atoms with Crippen molar-refractivity contribution in [1.29, 1.82) is 0 Å². The van der Waals surface area contributed by atoms with E-state index in [-0.39, 0.29) is 17.6 Å². The molecule has 6 heteroatoms. The van der Waals surface area contributed by atoms with E-state index in [0.29, 0.717) is 13.0 Å². The number of rotatable bonds is 11. The smallest absolute Gasteiger partial charge is 0.243 e. The molecular formula is C31H38N2O3S. The number of hydrogen-bond donors (Lipinski definition) is 1. The number of methoxy groups -OCH3 is 1. The molecule has 0 bridgehead atoms. The van der Waals surface area contributed by atoms with Crippen molar-refractivity contribution in [1.82, 2.24) is 10.2 Å². The van der Waals surface area contributed by atoms with Crippen LogP contribution in [0.4, 0.5) is 0 Å². The van der Waals surface area contributed by atoms with E-state index in [2.05, 4.69) is 24.4 Å². The predicted molar refractivity (Wildman–Crippen MR) is 153 cm³/mol. The zero-order valence-electron chi connectivity index (χ0n) is 22.5. The largest absolute Gasteiger partial charge is 0.497 e. The third-order valence-electron chi connectivity index (χ3n) is 6.00. The van der Waals surface area contributed by atoms with Crippen LogP contribution in [0.2, 0.25) is 0 Å². The van der Waals surface area contributed by atoms with Gasteiger partial charge in [-0.15, -0.1) is 11.8 Å². The van der Waals surface area contributed by atoms with E-state index in [0.717, 1.165) is 22.6 Å². The van der Waals surface area contributed by atoms with Gasteiger partial charge in [0.15, 0.2) is 0 Å². The molecule has 0 aromatic heterocycles. The van der Waals surface area contributed by atoms with Crippen LogP contribution in [0.15, 0.2) is 78.9 Å². The molecule has 3 aromatic carbocycles. The van der Waals surface area contributed by atoms with Crippen molar-refractivity contribution in [2.24, 2.45) is 0 Å². The number of carbonyl (C=O) groups is 2. The second-order valence-electron chi connectivity index (χ2n) is 10.2. The average Bonchev–Trinajstić information content (AvgIpc) is 2.87. The lowest BCUT2D eigenvalue weighted by atomic mass is 10.0. The fourth-order valence-corrected chi connectivity index (χ4v) is 5.06. The summed E-state index contributed by atoms with van der Waals surface area (Å²) >= 11 is 1.58. The summed E-state index contributed by atoms with van der Waals surface area (Å²) < 4.78 is 5.40. The van der Waals surface area contributed by atoms with Crippen LogP contribution in [-0.4, -0.2) is 41.2 Å². The molecule has 2 amide bonds. The summed E-state index contributed by atoms with van der Waals surface area (Å²) in [5.41, 5.74) is 3.93. The lowest BCUT2D eigenvalue weighted by Crippen LogP contribution is -2.54. The van der Waals surface area contributed by atoms with Gasteiger partial charge < -0.3 is 15.0 Å². The van der Waals surface area contributed by atoms with Gasteiger partial charge in [0.1, 0.15) is 11.8 Å². The molecule has 0 radical (unpaired) electrons. The molecule has 3 rings (SSSR count). The van der Waals surface area contributed by atoms with Crippen LogP contribution in [0.3, 0.4) is 0 Å². The van der Waals surface area contributed by atoms with E-state index in [4.69, 9.17) is 4.74 Å². The molecule has 0 aliphatic heterocycles. The van der Waals surface area contributed by atoms with E-state index in [1.807, 2.05) is 87.5 Å². The molecule has 0 saturated heterocycles. The Bertz CT molecular complexity index is 1170. The lowest BCUT2D eigenvalue weighted by Gasteiger charge is -2.34. The molecule has 1 atom stereocenters. The minimum atomic E-state index is -0.653. The second kappa shape index (κ2) is 13.3. The van der Waals surface area contributed by atoms with Gasteiger partial charge in [-0.05, 0) is 62.1 Å². The Labute approximate surface area is 225 Å². The molecular weight excluding hydrogens is 480 g/mol. The molecule has 0 fully saturated rings. The van der Waals surface area contributed by atoms with Crippen LogP contribution in [-0.2, 0) is 28.3 Å². The lowest BCUT2D eigenvalue weighted by molar-refractivity contribution is -0.140. The summed E-state index contributed by atoms with van der Waals surface area (Å²) in [6.07, 6.45) is 0.431. The molecule has 0 unspecified atom stereocenters. The Hall–Kier alpha value is -3.25. The standard InChI is InChI=1S/C31H38N2O3S/c1-23-12-9-10-16-26(23)21-37-22-29(34)33(20-25-15-11-17-27(18-25)36-5)28(30(35)32-31(2,3)4)19-24-13-7-6-8-14-24/h6-18,28H,19-22H2,1-5H3,(H,32,35)/t28-/m1/s1. The first-order chi connectivity index (χ1) is 17.7. The Morgan fingerprint density at radius 2 is 1.62 bits per heavy atom. The van der Waals surface area contributed by atoms with Crippen molar-refractivity contribution >= 4 is 23.6 Å². The summed E-state index contributed by atoms with van der Waals surface area (Å²) in [6, 6.07) is 25.1. The molecule has 0 aliphatic rings. The third kappa shape index (κ3) is 8.97. The number of carbonyl (C=O) groups excluding carboxylic acids is 2. The maximum absolute atomic E-state index is 13.8. The van der Waals surface area contributed by atoms with Crippen molar-refractivity contribution in [3.63, 3.8) is 0 Å². The van der Waals surface area contributed by atoms with Crippen LogP contribution in [0.1, 0.15) is 43.0 Å². The van der Waals surface area contributed by atoms with Crippen LogP contribution < -0.4 is 10.1 Å². The third-order valence-corrected chi connectivity index (χ3v) is 6.97. The topological polar surface area (TPSA) is 58.6 Å². The maximum atomic E-state index is 13.8. The number of aryl methyl sites for hydroxylation is 1. The summed E-state index contributed by atoms with van der Waals surface area (Å²) in [5.74, 6) is 1.52. The molecule has 0 aliphatic carbocycles. The highest BCUT2D eigenvalue weighted by molar-refractivity contribution is 7.99. The van der Waals surface area contributed by atoms with Crippen molar-refractivity contribution in [3.8, 4) is 5.75 Å². The number of hydrogen-bond acceptors (Lipinski definition) is 4. The molecule has 196 valence electrons. The van der Waals surface area contributed by atoms with Gasteiger partial charge in [-0.1, -0.05) is 66.7 Å². The summed E-state index contributed by atoms with van der Waals surface area (Å²) in [7, 11) is 1.62. The SMILES string of the molecule is COc1cccc(CN(C(=O)CSCc2ccccc2C)[C@H](Cc2ccccc2)C(=O)NC(C)(C)C)c1. The van der Waals surface area contributed by atoms with Gasteiger partial charge in [-0.25, -0.2) is 0 Å². The maximum Gasteiger partial charge on any atom is 0.243 e. The van der Waals surface area contributed by atoms with Crippen LogP contribution in [0.5, 0.6) is 5.75 Å². The van der Waals surface area contributed by atoms with Crippen LogP contribution in [0, 0.1) is 6.92 Å². The molecule has 5 nitrogen and oxygen atoms in total. The Kier molecular flexibility index (Phi) is 10.2. The summed E-state index contributed by atoms with van der Waals surface area (Å²) in [5, 5.41) is 3.11. The van der Waals surface area contributed by atoms with E-state index in [9.17, 15) is 9.59 Å². The van der Waals surface area contributed by atoms with E-state index in [1.165, 1.54) is 11.1 Å². The molecule has 0 saturated carbocycles. The zero-order valence-corrected chi connectivity index (χ0v) is 23.3. The summed E-state index contributed by atoms with van der Waals surface area (Å²) in [6.45, 7) is 8.26. The van der Waals surface area contributed by atoms with Gasteiger partial charge in [0.25, 0.3) is 0 Å². The highest BCUT2D eigenvalue weighted by Gasteiger charge is 2.32. The molecule has 37 heavy (non-hydrogen) atoms. The van der Waals surface area contributed by atoms with E-state index >= 15 is 0 Å². The summed E-state index contributed by atoms with van der Waals surface area (Å²) in [4.78, 5) is 29.1. The zero-order chi connectivity index (χ0) is 26.8. The van der Waals surface area contributed by atoms with Crippen LogP contribution >= 0.6 is 11.8 Å². The van der Waals surface area contributed by atoms with Crippen molar-refractivity contribution < 1.29 is 14.3 Å². The van der Waals surface area contributed by atoms with Crippen molar-refractivity contribution in [3.05, 3.63) is 101 Å². The quantitative estimate of drug-likeness (QED) is 0.349. The predicted octanol–water partition coefficient (Wildman–Crippen LogP) is 5.79. The van der Waals surface area contributed by atoms with Gasteiger partial charge in [-0.3, -0.25) is 9.59 Å². The number of ether oxygens (including phenoxy) is 1. The first-order valence-electron chi connectivity index (χ1n) is 12.6. The number of nitrogens with one attached hydrogen (secondary N) is 1. The Balaban J connectivity index is 1.89. The highest BCUT2D eigenvalue weighted by atomic mass is 32.2. The van der Waals surface area contributed by atoms with Crippen molar-refractivity contribution in [2.45, 2.75) is 58.0 Å². The number of amides is 2. The van der Waals surface area contributed by atoms with Gasteiger partial charge in [-0.2, -0.15) is 0 Å². The number of nitrogens with zero attached hydrogens (tertiary/aromatic N) is 1. The second-order valence-corrected chi connectivity index (χ2v) is 11.2. The van der Waals surface area contributed by atoms with Gasteiger partial charge >= 0.3 is 0 Å². The number of benzene rings is 3. The first-order valence-corrected chi connectivity index (χ1v) is 13.7. The van der Waals surface area contributed by atoms with E-state index in [1.54, 1.807) is 23.8 Å². The molecule has 0 heterocycles. The fourth-order valence-electron chi connectivity index (χ4n) is 4.08. The highest BCUT2D eigenvalue weighted by Crippen LogP contribution is 2.22. The van der Waals surface area contributed by atoms with Crippen molar-refractivity contribution in [2.75, 3.05) is 12.9 Å². The normalized spacial score (nSPS) is 12.0. The average molecular weight is 519 g/mol. The minimum absolute atomic E-state index is 0.0635. The van der Waals surface area contributed by atoms with Crippen LogP contribution in [0.25, 0.3) is 0 Å². The Morgan fingerprint density at radius 3 is 2.30 bits per heavy atom. The van der Waals surface area contributed by atoms with Gasteiger partial charge in [0.2, 0.25) is 11.8 Å². The fraction of sp³-hybridized carbons (Fsp3) is 0.355. The van der Waals surface area contributed by atoms with Gasteiger partial charge in [0.05, 0.1) is 12.9 Å². The Morgan fingerprint density at radius 1 is 0.946 bits per heavy atom. The van der Waals surface area contributed by atoms with Gasteiger partial charge in [0, 0.05) is 24.3 Å². The molecule has 3 aromatic rings. The first kappa shape index (κ1) is 28.3. The van der Waals surface area contributed by atoms with E-state index < -0.39 is 11.6 Å².